The predicted molar refractivity (Wildman–Crippen MR) is 93.8 cm³/mol. The van der Waals surface area contributed by atoms with E-state index in [1.807, 2.05) is 19.1 Å². The molecule has 6 heteroatoms. The Hall–Kier alpha value is -2.89. The summed E-state index contributed by atoms with van der Waals surface area (Å²) in [6, 6.07) is 10.7. The quantitative estimate of drug-likeness (QED) is 0.858. The van der Waals surface area contributed by atoms with E-state index in [0.29, 0.717) is 43.1 Å². The third kappa shape index (κ3) is 3.47. The lowest BCUT2D eigenvalue weighted by molar-refractivity contribution is 0.0533. The Morgan fingerprint density at radius 1 is 0.920 bits per heavy atom. The third-order valence-electron chi connectivity index (χ3n) is 4.43. The Kier molecular flexibility index (Phi) is 4.97. The van der Waals surface area contributed by atoms with Gasteiger partial charge < -0.3 is 14.5 Å². The number of benzene rings is 1. The van der Waals surface area contributed by atoms with Crippen molar-refractivity contribution >= 4 is 11.8 Å². The van der Waals surface area contributed by atoms with Gasteiger partial charge in [0.15, 0.2) is 0 Å². The molecule has 0 unspecified atom stereocenters. The van der Waals surface area contributed by atoms with Crippen molar-refractivity contribution in [2.45, 2.75) is 6.92 Å². The second-order valence-electron chi connectivity index (χ2n) is 5.92. The van der Waals surface area contributed by atoms with Gasteiger partial charge in [-0.2, -0.15) is 0 Å². The zero-order chi connectivity index (χ0) is 17.8. The first-order chi connectivity index (χ1) is 12.1. The van der Waals surface area contributed by atoms with Gasteiger partial charge in [0.25, 0.3) is 11.8 Å². The average molecular weight is 339 g/mol. The molecule has 3 rings (SSSR count). The van der Waals surface area contributed by atoms with Crippen LogP contribution in [0, 0.1) is 6.92 Å². The molecule has 130 valence electrons. The van der Waals surface area contributed by atoms with Gasteiger partial charge in [0.1, 0.15) is 5.75 Å². The number of ether oxygens (including phenoxy) is 1. The molecule has 1 aromatic carbocycles. The SMILES string of the molecule is COc1ccccc1C(=O)N1CCN(C(=O)c2cccnc2C)CC1. The van der Waals surface area contributed by atoms with Gasteiger partial charge >= 0.3 is 0 Å². The van der Waals surface area contributed by atoms with Gasteiger partial charge in [-0.1, -0.05) is 12.1 Å². The maximum atomic E-state index is 12.7. The number of rotatable bonds is 3. The topological polar surface area (TPSA) is 62.7 Å². The summed E-state index contributed by atoms with van der Waals surface area (Å²) in [6.45, 7) is 3.85. The van der Waals surface area contributed by atoms with E-state index in [1.54, 1.807) is 47.4 Å². The maximum absolute atomic E-state index is 12.7. The summed E-state index contributed by atoms with van der Waals surface area (Å²) >= 11 is 0. The monoisotopic (exact) mass is 339 g/mol. The highest BCUT2D eigenvalue weighted by Gasteiger charge is 2.27. The van der Waals surface area contributed by atoms with Crippen molar-refractivity contribution in [3.05, 3.63) is 59.4 Å². The van der Waals surface area contributed by atoms with Gasteiger partial charge in [0, 0.05) is 38.1 Å². The first-order valence-electron chi connectivity index (χ1n) is 8.25. The molecular formula is C19H21N3O3. The van der Waals surface area contributed by atoms with Crippen LogP contribution in [0.3, 0.4) is 0 Å². The molecule has 0 aliphatic carbocycles. The fraction of sp³-hybridized carbons (Fsp3) is 0.316. The molecule has 1 aliphatic rings. The molecule has 2 aromatic rings. The second-order valence-corrected chi connectivity index (χ2v) is 5.92. The number of nitrogens with zero attached hydrogens (tertiary/aromatic N) is 3. The zero-order valence-electron chi connectivity index (χ0n) is 14.4. The molecule has 0 N–H and O–H groups in total. The van der Waals surface area contributed by atoms with E-state index in [4.69, 9.17) is 4.74 Å². The molecule has 6 nitrogen and oxygen atoms in total. The molecule has 1 aromatic heterocycles. The van der Waals surface area contributed by atoms with E-state index in [1.165, 1.54) is 0 Å². The molecule has 0 atom stereocenters. The summed E-state index contributed by atoms with van der Waals surface area (Å²) in [5.74, 6) is 0.467. The number of carbonyl (C=O) groups is 2. The normalized spacial score (nSPS) is 14.3. The predicted octanol–water partition coefficient (Wildman–Crippen LogP) is 2.00. The van der Waals surface area contributed by atoms with Crippen LogP contribution >= 0.6 is 0 Å². The highest BCUT2D eigenvalue weighted by molar-refractivity contribution is 5.98. The van der Waals surface area contributed by atoms with Gasteiger partial charge in [0.2, 0.25) is 0 Å². The number of carbonyl (C=O) groups excluding carboxylic acids is 2. The summed E-state index contributed by atoms with van der Waals surface area (Å²) in [7, 11) is 1.55. The van der Waals surface area contributed by atoms with Gasteiger partial charge in [-0.05, 0) is 31.2 Å². The summed E-state index contributed by atoms with van der Waals surface area (Å²) in [4.78, 5) is 33.0. The number of piperazine rings is 1. The van der Waals surface area contributed by atoms with Gasteiger partial charge in [-0.15, -0.1) is 0 Å². The number of pyridine rings is 1. The lowest BCUT2D eigenvalue weighted by Crippen LogP contribution is -2.50. The van der Waals surface area contributed by atoms with E-state index in [9.17, 15) is 9.59 Å². The third-order valence-corrected chi connectivity index (χ3v) is 4.43. The molecule has 0 spiro atoms. The minimum absolute atomic E-state index is 0.0324. The smallest absolute Gasteiger partial charge is 0.257 e. The number of amides is 2. The van der Waals surface area contributed by atoms with Crippen molar-refractivity contribution in [1.82, 2.24) is 14.8 Å². The lowest BCUT2D eigenvalue weighted by Gasteiger charge is -2.35. The van der Waals surface area contributed by atoms with E-state index < -0.39 is 0 Å². The van der Waals surface area contributed by atoms with Crippen molar-refractivity contribution in [2.75, 3.05) is 33.3 Å². The Morgan fingerprint density at radius 2 is 1.48 bits per heavy atom. The number of para-hydroxylation sites is 1. The standard InChI is InChI=1S/C19H21N3O3/c1-14-15(7-5-9-20-14)18(23)21-10-12-22(13-11-21)19(24)16-6-3-4-8-17(16)25-2/h3-9H,10-13H2,1-2H3. The first-order valence-corrected chi connectivity index (χ1v) is 8.25. The van der Waals surface area contributed by atoms with E-state index in [0.717, 1.165) is 5.69 Å². The molecular weight excluding hydrogens is 318 g/mol. The summed E-state index contributed by atoms with van der Waals surface area (Å²) in [6.07, 6.45) is 1.68. The van der Waals surface area contributed by atoms with E-state index >= 15 is 0 Å². The van der Waals surface area contributed by atoms with Crippen LogP contribution in [0.15, 0.2) is 42.6 Å². The van der Waals surface area contributed by atoms with Crippen molar-refractivity contribution in [1.29, 1.82) is 0 Å². The Labute approximate surface area is 147 Å². The van der Waals surface area contributed by atoms with Crippen molar-refractivity contribution in [3.63, 3.8) is 0 Å². The van der Waals surface area contributed by atoms with Crippen LogP contribution in [0.1, 0.15) is 26.4 Å². The van der Waals surface area contributed by atoms with Crippen molar-refractivity contribution in [2.24, 2.45) is 0 Å². The molecule has 2 heterocycles. The van der Waals surface area contributed by atoms with Crippen LogP contribution in [0.2, 0.25) is 0 Å². The molecule has 2 amide bonds. The fourth-order valence-electron chi connectivity index (χ4n) is 2.98. The van der Waals surface area contributed by atoms with Gasteiger partial charge in [-0.25, -0.2) is 0 Å². The van der Waals surface area contributed by atoms with E-state index in [2.05, 4.69) is 4.98 Å². The maximum Gasteiger partial charge on any atom is 0.257 e. The molecule has 1 saturated heterocycles. The molecule has 1 fully saturated rings. The lowest BCUT2D eigenvalue weighted by atomic mass is 10.1. The highest BCUT2D eigenvalue weighted by atomic mass is 16.5. The average Bonchev–Trinajstić information content (AvgIpc) is 2.67. The molecule has 0 saturated carbocycles. The summed E-state index contributed by atoms with van der Waals surface area (Å²) in [5.41, 5.74) is 1.89. The second kappa shape index (κ2) is 7.34. The summed E-state index contributed by atoms with van der Waals surface area (Å²) in [5, 5.41) is 0. The van der Waals surface area contributed by atoms with Crippen molar-refractivity contribution in [3.8, 4) is 5.75 Å². The van der Waals surface area contributed by atoms with Crippen LogP contribution in [-0.4, -0.2) is 59.9 Å². The first kappa shape index (κ1) is 17.0. The molecule has 0 radical (unpaired) electrons. The minimum Gasteiger partial charge on any atom is -0.496 e. The highest BCUT2D eigenvalue weighted by Crippen LogP contribution is 2.20. The van der Waals surface area contributed by atoms with Crippen LogP contribution in [0.25, 0.3) is 0 Å². The van der Waals surface area contributed by atoms with Gasteiger partial charge in [0.05, 0.1) is 18.2 Å². The minimum atomic E-state index is -0.0675. The Morgan fingerprint density at radius 3 is 2.08 bits per heavy atom. The summed E-state index contributed by atoms with van der Waals surface area (Å²) < 4.78 is 5.27. The largest absolute Gasteiger partial charge is 0.496 e. The van der Waals surface area contributed by atoms with Crippen LogP contribution in [-0.2, 0) is 0 Å². The molecule has 25 heavy (non-hydrogen) atoms. The van der Waals surface area contributed by atoms with Crippen LogP contribution in [0.5, 0.6) is 5.75 Å². The Balaban J connectivity index is 1.67. The van der Waals surface area contributed by atoms with Crippen molar-refractivity contribution < 1.29 is 14.3 Å². The van der Waals surface area contributed by atoms with Crippen LogP contribution < -0.4 is 4.74 Å². The number of hydrogen-bond donors (Lipinski definition) is 0. The zero-order valence-corrected chi connectivity index (χ0v) is 14.4. The number of aromatic nitrogens is 1. The number of methoxy groups -OCH3 is 1. The number of aryl methyl sites for hydroxylation is 1. The molecule has 0 bridgehead atoms. The van der Waals surface area contributed by atoms with Crippen LogP contribution in [0.4, 0.5) is 0 Å². The molecule has 1 aliphatic heterocycles. The Bertz CT molecular complexity index is 783. The van der Waals surface area contributed by atoms with E-state index in [-0.39, 0.29) is 11.8 Å². The number of hydrogen-bond acceptors (Lipinski definition) is 4. The van der Waals surface area contributed by atoms with Gasteiger partial charge in [-0.3, -0.25) is 14.6 Å². The fourth-order valence-corrected chi connectivity index (χ4v) is 2.98.